The standard InChI is InChI=1S/C21H36O2/c1-16-3-5-17(6-4-16)7-11-21-14-10-19(15-23-21)18-8-12-20(22-2)13-9-18/h7,11,16-21H,3-6,8-10,12-15H2,1-2H3/b11-7+. The molecule has 0 aromatic heterocycles. The largest absolute Gasteiger partial charge is 0.381 e. The molecule has 2 unspecified atom stereocenters. The van der Waals surface area contributed by atoms with Crippen LogP contribution in [0.3, 0.4) is 0 Å². The summed E-state index contributed by atoms with van der Waals surface area (Å²) in [7, 11) is 1.86. The van der Waals surface area contributed by atoms with Gasteiger partial charge in [0.25, 0.3) is 0 Å². The van der Waals surface area contributed by atoms with Gasteiger partial charge in [0, 0.05) is 7.11 Å². The van der Waals surface area contributed by atoms with Crippen LogP contribution >= 0.6 is 0 Å². The van der Waals surface area contributed by atoms with E-state index in [0.29, 0.717) is 12.2 Å². The SMILES string of the molecule is COC1CCC(C2CCC(/C=C/C3CCC(C)CC3)OC2)CC1. The van der Waals surface area contributed by atoms with Gasteiger partial charge in [-0.2, -0.15) is 0 Å². The first-order chi connectivity index (χ1) is 11.2. The van der Waals surface area contributed by atoms with Gasteiger partial charge in [-0.1, -0.05) is 31.9 Å². The fourth-order valence-electron chi connectivity index (χ4n) is 4.87. The van der Waals surface area contributed by atoms with E-state index >= 15 is 0 Å². The number of rotatable bonds is 4. The van der Waals surface area contributed by atoms with Crippen molar-refractivity contribution in [2.24, 2.45) is 23.7 Å². The summed E-state index contributed by atoms with van der Waals surface area (Å²) in [4.78, 5) is 0. The quantitative estimate of drug-likeness (QED) is 0.648. The second-order valence-corrected chi connectivity index (χ2v) is 8.39. The number of hydrogen-bond donors (Lipinski definition) is 0. The van der Waals surface area contributed by atoms with E-state index in [1.54, 1.807) is 0 Å². The summed E-state index contributed by atoms with van der Waals surface area (Å²) in [6.45, 7) is 3.38. The molecule has 0 radical (unpaired) electrons. The fraction of sp³-hybridized carbons (Fsp3) is 0.905. The molecule has 1 heterocycles. The zero-order chi connectivity index (χ0) is 16.1. The Balaban J connectivity index is 1.37. The van der Waals surface area contributed by atoms with Gasteiger partial charge < -0.3 is 9.47 Å². The van der Waals surface area contributed by atoms with Crippen molar-refractivity contribution in [3.63, 3.8) is 0 Å². The summed E-state index contributed by atoms with van der Waals surface area (Å²) in [5.74, 6) is 3.44. The molecule has 132 valence electrons. The number of hydrogen-bond acceptors (Lipinski definition) is 2. The Morgan fingerprint density at radius 1 is 0.783 bits per heavy atom. The second kappa shape index (κ2) is 8.67. The molecule has 2 nitrogen and oxygen atoms in total. The van der Waals surface area contributed by atoms with Crippen molar-refractivity contribution in [1.29, 1.82) is 0 Å². The first-order valence-corrected chi connectivity index (χ1v) is 10.1. The molecule has 0 N–H and O–H groups in total. The Bertz CT molecular complexity index is 354. The third-order valence-electron chi connectivity index (χ3n) is 6.72. The lowest BCUT2D eigenvalue weighted by molar-refractivity contribution is -0.0267. The summed E-state index contributed by atoms with van der Waals surface area (Å²) in [5.41, 5.74) is 0. The molecule has 3 aliphatic rings. The summed E-state index contributed by atoms with van der Waals surface area (Å²) in [6.07, 6.45) is 19.1. The maximum absolute atomic E-state index is 6.19. The third-order valence-corrected chi connectivity index (χ3v) is 6.72. The van der Waals surface area contributed by atoms with E-state index in [1.807, 2.05) is 7.11 Å². The monoisotopic (exact) mass is 320 g/mol. The Kier molecular flexibility index (Phi) is 6.59. The predicted molar refractivity (Wildman–Crippen MR) is 95.5 cm³/mol. The van der Waals surface area contributed by atoms with Gasteiger partial charge in [-0.05, 0) is 75.0 Å². The van der Waals surface area contributed by atoms with Crippen LogP contribution in [0.4, 0.5) is 0 Å². The topological polar surface area (TPSA) is 18.5 Å². The molecule has 0 aromatic carbocycles. The van der Waals surface area contributed by atoms with Crippen molar-refractivity contribution in [1.82, 2.24) is 0 Å². The van der Waals surface area contributed by atoms with Gasteiger partial charge in [-0.3, -0.25) is 0 Å². The van der Waals surface area contributed by atoms with Crippen LogP contribution in [0.2, 0.25) is 0 Å². The molecular weight excluding hydrogens is 284 g/mol. The molecule has 2 heteroatoms. The molecule has 2 aliphatic carbocycles. The number of methoxy groups -OCH3 is 1. The van der Waals surface area contributed by atoms with E-state index in [2.05, 4.69) is 19.1 Å². The number of allylic oxidation sites excluding steroid dienone is 1. The maximum Gasteiger partial charge on any atom is 0.0756 e. The average Bonchev–Trinajstić information content (AvgIpc) is 2.62. The molecule has 1 saturated heterocycles. The van der Waals surface area contributed by atoms with Gasteiger partial charge in [-0.25, -0.2) is 0 Å². The summed E-state index contributed by atoms with van der Waals surface area (Å²) < 4.78 is 11.7. The second-order valence-electron chi connectivity index (χ2n) is 8.39. The van der Waals surface area contributed by atoms with Crippen LogP contribution in [0, 0.1) is 23.7 Å². The highest BCUT2D eigenvalue weighted by molar-refractivity contribution is 4.97. The zero-order valence-corrected chi connectivity index (χ0v) is 15.2. The maximum atomic E-state index is 6.19. The van der Waals surface area contributed by atoms with E-state index in [-0.39, 0.29) is 0 Å². The first-order valence-electron chi connectivity index (χ1n) is 10.1. The molecule has 0 amide bonds. The normalized spacial score (nSPS) is 42.9. The highest BCUT2D eigenvalue weighted by Gasteiger charge is 2.30. The molecule has 3 rings (SSSR count). The lowest BCUT2D eigenvalue weighted by Crippen LogP contribution is -2.33. The van der Waals surface area contributed by atoms with Crippen molar-refractivity contribution in [3.05, 3.63) is 12.2 Å². The average molecular weight is 321 g/mol. The Morgan fingerprint density at radius 3 is 2.09 bits per heavy atom. The lowest BCUT2D eigenvalue weighted by atomic mass is 9.76. The molecule has 3 fully saturated rings. The van der Waals surface area contributed by atoms with Crippen LogP contribution in [0.5, 0.6) is 0 Å². The third kappa shape index (κ3) is 5.06. The van der Waals surface area contributed by atoms with Gasteiger partial charge in [0.2, 0.25) is 0 Å². The molecule has 2 saturated carbocycles. The van der Waals surface area contributed by atoms with Gasteiger partial charge in [-0.15, -0.1) is 0 Å². The van der Waals surface area contributed by atoms with E-state index in [1.165, 1.54) is 64.2 Å². The minimum Gasteiger partial charge on any atom is -0.381 e. The van der Waals surface area contributed by atoms with Crippen molar-refractivity contribution >= 4 is 0 Å². The van der Waals surface area contributed by atoms with Crippen molar-refractivity contribution in [2.75, 3.05) is 13.7 Å². The highest BCUT2D eigenvalue weighted by atomic mass is 16.5. The van der Waals surface area contributed by atoms with Gasteiger partial charge in [0.1, 0.15) is 0 Å². The Labute approximate surface area is 143 Å². The van der Waals surface area contributed by atoms with Crippen LogP contribution in [0.1, 0.15) is 71.1 Å². The smallest absolute Gasteiger partial charge is 0.0756 e. The van der Waals surface area contributed by atoms with Crippen LogP contribution in [0.15, 0.2) is 12.2 Å². The summed E-state index contributed by atoms with van der Waals surface area (Å²) >= 11 is 0. The fourth-order valence-corrected chi connectivity index (χ4v) is 4.87. The Hall–Kier alpha value is -0.340. The number of ether oxygens (including phenoxy) is 2. The highest BCUT2D eigenvalue weighted by Crippen LogP contribution is 2.36. The van der Waals surface area contributed by atoms with Crippen LogP contribution in [-0.2, 0) is 9.47 Å². The predicted octanol–water partition coefficient (Wildman–Crippen LogP) is 5.37. The minimum atomic E-state index is 0.390. The molecule has 0 bridgehead atoms. The molecule has 2 atom stereocenters. The van der Waals surface area contributed by atoms with Gasteiger partial charge >= 0.3 is 0 Å². The molecular formula is C21H36O2. The summed E-state index contributed by atoms with van der Waals surface area (Å²) in [6, 6.07) is 0. The van der Waals surface area contributed by atoms with E-state index < -0.39 is 0 Å². The van der Waals surface area contributed by atoms with E-state index in [9.17, 15) is 0 Å². The minimum absolute atomic E-state index is 0.390. The zero-order valence-electron chi connectivity index (χ0n) is 15.2. The van der Waals surface area contributed by atoms with Crippen molar-refractivity contribution < 1.29 is 9.47 Å². The van der Waals surface area contributed by atoms with E-state index in [0.717, 1.165) is 30.3 Å². The molecule has 23 heavy (non-hydrogen) atoms. The first kappa shape index (κ1) is 17.5. The van der Waals surface area contributed by atoms with Crippen LogP contribution < -0.4 is 0 Å². The Morgan fingerprint density at radius 2 is 1.48 bits per heavy atom. The lowest BCUT2D eigenvalue weighted by Gasteiger charge is -2.37. The van der Waals surface area contributed by atoms with Crippen LogP contribution in [-0.4, -0.2) is 25.9 Å². The van der Waals surface area contributed by atoms with Crippen LogP contribution in [0.25, 0.3) is 0 Å². The summed E-state index contributed by atoms with van der Waals surface area (Å²) in [5, 5.41) is 0. The van der Waals surface area contributed by atoms with Crippen molar-refractivity contribution in [2.45, 2.75) is 83.3 Å². The van der Waals surface area contributed by atoms with Gasteiger partial charge in [0.05, 0.1) is 18.8 Å². The molecule has 0 aromatic rings. The van der Waals surface area contributed by atoms with E-state index in [4.69, 9.17) is 9.47 Å². The van der Waals surface area contributed by atoms with Gasteiger partial charge in [0.15, 0.2) is 0 Å². The molecule has 0 spiro atoms. The molecule has 1 aliphatic heterocycles. The van der Waals surface area contributed by atoms with Crippen molar-refractivity contribution in [3.8, 4) is 0 Å².